The lowest BCUT2D eigenvalue weighted by Gasteiger charge is -1.86. The number of ketones is 2. The Morgan fingerprint density at radius 3 is 2.38 bits per heavy atom. The van der Waals surface area contributed by atoms with E-state index in [1.807, 2.05) is 0 Å². The maximum absolute atomic E-state index is 10.9. The number of hydrogen-bond acceptors (Lipinski definition) is 2. The van der Waals surface area contributed by atoms with Gasteiger partial charge in [0.25, 0.3) is 0 Å². The summed E-state index contributed by atoms with van der Waals surface area (Å²) in [5.41, 5.74) is 0. The Morgan fingerprint density at radius 2 is 2.25 bits per heavy atom. The molecule has 0 rings (SSSR count). The van der Waals surface area contributed by atoms with Gasteiger partial charge in [0.1, 0.15) is 5.78 Å². The number of carbonyl (C=O) groups excluding carboxylic acids is 2. The highest BCUT2D eigenvalue weighted by molar-refractivity contribution is 9.09. The quantitative estimate of drug-likeness (QED) is 0.481. The van der Waals surface area contributed by atoms with Gasteiger partial charge < -0.3 is 0 Å². The number of Topliss-reactive ketones (excluding diaryl/α,β-unsaturated/α-hetero) is 2. The van der Waals surface area contributed by atoms with Gasteiger partial charge in [0, 0.05) is 5.48 Å². The second kappa shape index (κ2) is 3.78. The molecule has 0 saturated heterocycles. The molecule has 46 valence electrons. The van der Waals surface area contributed by atoms with Crippen LogP contribution < -0.4 is 0 Å². The summed E-state index contributed by atoms with van der Waals surface area (Å²) < 4.78 is 27.5. The van der Waals surface area contributed by atoms with Crippen LogP contribution in [0.3, 0.4) is 0 Å². The van der Waals surface area contributed by atoms with Crippen LogP contribution >= 0.6 is 15.9 Å². The summed E-state index contributed by atoms with van der Waals surface area (Å²) >= 11 is 2.34. The zero-order valence-electron chi connectivity index (χ0n) is 8.19. The maximum Gasteiger partial charge on any atom is 0.150 e. The fourth-order valence-corrected chi connectivity index (χ4v) is 0.283. The molecule has 0 aliphatic rings. The van der Waals surface area contributed by atoms with Crippen LogP contribution in [-0.4, -0.2) is 16.8 Å². The van der Waals surface area contributed by atoms with Crippen LogP contribution in [0.4, 0.5) is 0 Å². The minimum Gasteiger partial charge on any atom is -0.300 e. The van der Waals surface area contributed by atoms with Crippen LogP contribution in [-0.2, 0) is 9.59 Å². The topological polar surface area (TPSA) is 34.1 Å². The first-order valence-electron chi connectivity index (χ1n) is 3.85. The van der Waals surface area contributed by atoms with Crippen molar-refractivity contribution >= 4 is 27.5 Å². The van der Waals surface area contributed by atoms with Gasteiger partial charge in [-0.25, -0.2) is 0 Å². The first kappa shape index (κ1) is 3.11. The van der Waals surface area contributed by atoms with E-state index in [-0.39, 0.29) is 0 Å². The lowest BCUT2D eigenvalue weighted by molar-refractivity contribution is -0.124. The fraction of sp³-hybridized carbons (Fsp3) is 0.600. The molecule has 0 atom stereocenters. The highest BCUT2D eigenvalue weighted by Gasteiger charge is 2.00. The van der Waals surface area contributed by atoms with E-state index in [0.29, 0.717) is 0 Å². The molecule has 0 spiro atoms. The van der Waals surface area contributed by atoms with Crippen LogP contribution in [0.5, 0.6) is 0 Å². The molecule has 0 aliphatic carbocycles. The number of alkyl halides is 1. The molecule has 0 N–H and O–H groups in total. The number of hydrogen-bond donors (Lipinski definition) is 0. The SMILES string of the molecule is [2H]C([2H])(Br)C(=O)C([2H])([2H])C(C)=O. The minimum atomic E-state index is -2.76. The van der Waals surface area contributed by atoms with Gasteiger partial charge in [-0.3, -0.25) is 9.59 Å². The van der Waals surface area contributed by atoms with E-state index in [4.69, 9.17) is 5.48 Å². The molecule has 0 bridgehead atoms. The number of carbonyl (C=O) groups is 2. The smallest absolute Gasteiger partial charge is 0.150 e. The van der Waals surface area contributed by atoms with E-state index >= 15 is 0 Å². The van der Waals surface area contributed by atoms with Gasteiger partial charge in [0.05, 0.1) is 11.7 Å². The van der Waals surface area contributed by atoms with Crippen LogP contribution in [0, 0.1) is 0 Å². The van der Waals surface area contributed by atoms with Crippen molar-refractivity contribution < 1.29 is 15.1 Å². The summed E-state index contributed by atoms with van der Waals surface area (Å²) in [6, 6.07) is 0. The molecule has 0 saturated carbocycles. The molecule has 0 aromatic rings. The van der Waals surface area contributed by atoms with Crippen molar-refractivity contribution in [1.82, 2.24) is 0 Å². The number of halogens is 1. The van der Waals surface area contributed by atoms with E-state index < -0.39 is 23.2 Å². The van der Waals surface area contributed by atoms with Gasteiger partial charge in [-0.2, -0.15) is 0 Å². The Labute approximate surface area is 62.0 Å². The van der Waals surface area contributed by atoms with Gasteiger partial charge in [-0.1, -0.05) is 15.9 Å². The van der Waals surface area contributed by atoms with Crippen molar-refractivity contribution in [2.75, 3.05) is 5.28 Å². The molecule has 0 aliphatic heterocycles. The van der Waals surface area contributed by atoms with Crippen LogP contribution in [0.1, 0.15) is 18.8 Å². The molecule has 0 unspecified atom stereocenters. The summed E-state index contributed by atoms with van der Waals surface area (Å²) in [4.78, 5) is 21.5. The van der Waals surface area contributed by atoms with Crippen LogP contribution in [0.25, 0.3) is 0 Å². The first-order chi connectivity index (χ1) is 5.10. The minimum absolute atomic E-state index is 0.899. The Bertz CT molecular complexity index is 220. The monoisotopic (exact) mass is 182 g/mol. The van der Waals surface area contributed by atoms with Crippen LogP contribution in [0.2, 0.25) is 0 Å². The lowest BCUT2D eigenvalue weighted by Crippen LogP contribution is -2.04. The normalized spacial score (nSPS) is 19.8. The van der Waals surface area contributed by atoms with E-state index in [2.05, 4.69) is 15.9 Å². The Balaban J connectivity index is 4.83. The van der Waals surface area contributed by atoms with Crippen molar-refractivity contribution in [1.29, 1.82) is 0 Å². The predicted octanol–water partition coefficient (Wildman–Crippen LogP) is 0.929. The second-order valence-corrected chi connectivity index (χ2v) is 1.50. The zero-order chi connectivity index (χ0) is 10.2. The van der Waals surface area contributed by atoms with E-state index in [1.165, 1.54) is 0 Å². The summed E-state index contributed by atoms with van der Waals surface area (Å²) in [6.07, 6.45) is -2.76. The van der Waals surface area contributed by atoms with Crippen molar-refractivity contribution in [3.8, 4) is 0 Å². The van der Waals surface area contributed by atoms with Crippen molar-refractivity contribution in [3.05, 3.63) is 0 Å². The zero-order valence-corrected chi connectivity index (χ0v) is 5.78. The van der Waals surface area contributed by atoms with Gasteiger partial charge in [0.15, 0.2) is 5.78 Å². The van der Waals surface area contributed by atoms with Gasteiger partial charge in [-0.15, -0.1) is 0 Å². The molecule has 2 nitrogen and oxygen atoms in total. The standard InChI is InChI=1S/C5H7BrO2/c1-4(7)2-5(8)3-6/h2-3H2,1H3/i2D2,3D2. The summed E-state index contributed by atoms with van der Waals surface area (Å²) in [5, 5.41) is -2.50. The van der Waals surface area contributed by atoms with E-state index in [0.717, 1.165) is 6.92 Å². The average molecular weight is 183 g/mol. The Hall–Kier alpha value is -0.180. The molecular weight excluding hydrogens is 172 g/mol. The Morgan fingerprint density at radius 1 is 1.75 bits per heavy atom. The number of rotatable bonds is 3. The third-order valence-electron chi connectivity index (χ3n) is 0.375. The predicted molar refractivity (Wildman–Crippen MR) is 34.1 cm³/mol. The summed E-state index contributed by atoms with van der Waals surface area (Å²) in [5.74, 6) is -2.42. The van der Waals surface area contributed by atoms with E-state index in [9.17, 15) is 9.59 Å². The van der Waals surface area contributed by atoms with Crippen LogP contribution in [0.15, 0.2) is 0 Å². The van der Waals surface area contributed by atoms with Gasteiger partial charge in [0.2, 0.25) is 0 Å². The van der Waals surface area contributed by atoms with Crippen molar-refractivity contribution in [2.24, 2.45) is 0 Å². The molecule has 3 heteroatoms. The molecule has 0 heterocycles. The molecule has 0 aromatic heterocycles. The average Bonchev–Trinajstić information content (AvgIpc) is 1.83. The van der Waals surface area contributed by atoms with E-state index in [1.54, 1.807) is 0 Å². The maximum atomic E-state index is 10.9. The Kier molecular flexibility index (Phi) is 1.47. The first-order valence-corrected chi connectivity index (χ1v) is 2.64. The summed E-state index contributed by atoms with van der Waals surface area (Å²) in [6.45, 7) is 0.899. The third-order valence-corrected chi connectivity index (χ3v) is 0.736. The highest BCUT2D eigenvalue weighted by atomic mass is 79.9. The third kappa shape index (κ3) is 3.99. The summed E-state index contributed by atoms with van der Waals surface area (Å²) in [7, 11) is 0. The van der Waals surface area contributed by atoms with Crippen molar-refractivity contribution in [3.63, 3.8) is 0 Å². The molecule has 0 amide bonds. The van der Waals surface area contributed by atoms with Gasteiger partial charge in [-0.05, 0) is 6.92 Å². The van der Waals surface area contributed by atoms with Crippen molar-refractivity contribution in [2.45, 2.75) is 13.3 Å². The fourth-order valence-electron chi connectivity index (χ4n) is 0.184. The second-order valence-electron chi connectivity index (χ2n) is 1.10. The molecule has 0 aromatic carbocycles. The largest absolute Gasteiger partial charge is 0.300 e. The highest BCUT2D eigenvalue weighted by Crippen LogP contribution is 1.88. The molecular formula is C5H7BrO2. The molecule has 0 radical (unpaired) electrons. The molecule has 8 heavy (non-hydrogen) atoms. The van der Waals surface area contributed by atoms with Gasteiger partial charge >= 0.3 is 0 Å². The lowest BCUT2D eigenvalue weighted by atomic mass is 10.2. The molecule has 0 fully saturated rings.